The topological polar surface area (TPSA) is 87.6 Å². The van der Waals surface area contributed by atoms with Crippen molar-refractivity contribution >= 4 is 0 Å². The van der Waals surface area contributed by atoms with Crippen molar-refractivity contribution in [2.45, 2.75) is 45.6 Å². The highest BCUT2D eigenvalue weighted by atomic mass is 16.5. The number of rotatable bonds is 5. The third-order valence-corrected chi connectivity index (χ3v) is 4.12. The van der Waals surface area contributed by atoms with Gasteiger partial charge in [-0.15, -0.1) is 0 Å². The maximum absolute atomic E-state index is 11.9. The molecule has 2 rings (SSSR count). The number of hydrogen-bond acceptors (Lipinski definition) is 5. The molecule has 1 aliphatic rings. The molecule has 0 aliphatic carbocycles. The summed E-state index contributed by atoms with van der Waals surface area (Å²) in [6.07, 6.45) is 1.34. The van der Waals surface area contributed by atoms with E-state index in [1.807, 2.05) is 0 Å². The van der Waals surface area contributed by atoms with E-state index in [2.05, 4.69) is 23.7 Å². The number of aromatic amines is 1. The molecule has 1 aliphatic heterocycles. The van der Waals surface area contributed by atoms with Crippen LogP contribution >= 0.6 is 0 Å². The number of nitrogens with one attached hydrogen (secondary N) is 1. The molecule has 0 bridgehead atoms. The molecular formula is C14H23N3O4. The molecule has 7 heteroatoms. The first kappa shape index (κ1) is 15.9. The van der Waals surface area contributed by atoms with Gasteiger partial charge in [-0.3, -0.25) is 19.2 Å². The molecule has 3 atom stereocenters. The summed E-state index contributed by atoms with van der Waals surface area (Å²) in [7, 11) is 0. The molecule has 118 valence electrons. The Morgan fingerprint density at radius 2 is 2.10 bits per heavy atom. The van der Waals surface area contributed by atoms with Crippen LogP contribution in [0.3, 0.4) is 0 Å². The first-order valence-electron chi connectivity index (χ1n) is 7.34. The molecule has 0 aromatic carbocycles. The number of H-pyrrole nitrogens is 1. The van der Waals surface area contributed by atoms with Crippen molar-refractivity contribution < 1.29 is 9.84 Å². The van der Waals surface area contributed by atoms with Gasteiger partial charge in [-0.2, -0.15) is 0 Å². The summed E-state index contributed by atoms with van der Waals surface area (Å²) in [5, 5.41) is 9.51. The van der Waals surface area contributed by atoms with E-state index in [4.69, 9.17) is 4.74 Å². The first-order chi connectivity index (χ1) is 10.0. The molecule has 21 heavy (non-hydrogen) atoms. The lowest BCUT2D eigenvalue weighted by atomic mass is 10.1. The Labute approximate surface area is 123 Å². The molecule has 0 unspecified atom stereocenters. The summed E-state index contributed by atoms with van der Waals surface area (Å²) in [6, 6.07) is 0.0640. The summed E-state index contributed by atoms with van der Waals surface area (Å²) in [5.41, 5.74) is -0.397. The van der Waals surface area contributed by atoms with E-state index >= 15 is 0 Å². The zero-order valence-corrected chi connectivity index (χ0v) is 12.7. The number of nitrogens with zero attached hydrogens (tertiary/aromatic N) is 2. The maximum Gasteiger partial charge on any atom is 0.330 e. The van der Waals surface area contributed by atoms with E-state index in [0.717, 1.165) is 13.1 Å². The van der Waals surface area contributed by atoms with Gasteiger partial charge in [0.15, 0.2) is 0 Å². The fourth-order valence-corrected chi connectivity index (χ4v) is 2.93. The lowest BCUT2D eigenvalue weighted by molar-refractivity contribution is -0.0381. The summed E-state index contributed by atoms with van der Waals surface area (Å²) in [5.74, 6) is 0. The lowest BCUT2D eigenvalue weighted by Gasteiger charge is -2.28. The SMILES string of the molecule is CCN(CC)[C@@H]1C[C@H](n2cc(C)c(=O)[nH]c2=O)O[C@@H]1CO. The van der Waals surface area contributed by atoms with Gasteiger partial charge >= 0.3 is 5.69 Å². The van der Waals surface area contributed by atoms with Crippen molar-refractivity contribution in [1.82, 2.24) is 14.5 Å². The fraction of sp³-hybridized carbons (Fsp3) is 0.714. The lowest BCUT2D eigenvalue weighted by Crippen LogP contribution is -2.42. The smallest absolute Gasteiger partial charge is 0.330 e. The minimum Gasteiger partial charge on any atom is -0.394 e. The van der Waals surface area contributed by atoms with Gasteiger partial charge in [0.25, 0.3) is 5.56 Å². The Kier molecular flexibility index (Phi) is 4.97. The minimum atomic E-state index is -0.479. The van der Waals surface area contributed by atoms with Crippen LogP contribution in [0.5, 0.6) is 0 Å². The Bertz CT molecular complexity index is 591. The van der Waals surface area contributed by atoms with Gasteiger partial charge in [-0.25, -0.2) is 4.79 Å². The van der Waals surface area contributed by atoms with E-state index in [9.17, 15) is 14.7 Å². The molecule has 0 amide bonds. The highest BCUT2D eigenvalue weighted by Gasteiger charge is 2.38. The molecule has 7 nitrogen and oxygen atoms in total. The van der Waals surface area contributed by atoms with Crippen molar-refractivity contribution in [3.05, 3.63) is 32.6 Å². The normalized spacial score (nSPS) is 25.7. The summed E-state index contributed by atoms with van der Waals surface area (Å²) >= 11 is 0. The van der Waals surface area contributed by atoms with E-state index < -0.39 is 11.9 Å². The second kappa shape index (κ2) is 6.55. The number of hydrogen-bond donors (Lipinski definition) is 2. The minimum absolute atomic E-state index is 0.0640. The van der Waals surface area contributed by atoms with Crippen LogP contribution in [-0.2, 0) is 4.74 Å². The Balaban J connectivity index is 2.29. The molecule has 2 heterocycles. The molecule has 1 fully saturated rings. The molecule has 1 saturated heterocycles. The molecule has 1 aromatic rings. The fourth-order valence-electron chi connectivity index (χ4n) is 2.93. The predicted molar refractivity (Wildman–Crippen MR) is 78.4 cm³/mol. The Morgan fingerprint density at radius 1 is 1.43 bits per heavy atom. The van der Waals surface area contributed by atoms with Crippen molar-refractivity contribution in [3.8, 4) is 0 Å². The van der Waals surface area contributed by atoms with Crippen LogP contribution in [-0.4, -0.2) is 51.4 Å². The van der Waals surface area contributed by atoms with Gasteiger partial charge in [0, 0.05) is 24.2 Å². The molecule has 0 radical (unpaired) electrons. The third-order valence-electron chi connectivity index (χ3n) is 4.12. The molecule has 1 aromatic heterocycles. The predicted octanol–water partition coefficient (Wildman–Crippen LogP) is -0.165. The average molecular weight is 297 g/mol. The number of aromatic nitrogens is 2. The van der Waals surface area contributed by atoms with Gasteiger partial charge < -0.3 is 9.84 Å². The summed E-state index contributed by atoms with van der Waals surface area (Å²) in [6.45, 7) is 7.38. The summed E-state index contributed by atoms with van der Waals surface area (Å²) in [4.78, 5) is 27.9. The van der Waals surface area contributed by atoms with Crippen molar-refractivity contribution in [3.63, 3.8) is 0 Å². The first-order valence-corrected chi connectivity index (χ1v) is 7.34. The molecular weight excluding hydrogens is 274 g/mol. The summed E-state index contributed by atoms with van der Waals surface area (Å²) < 4.78 is 7.22. The number of aliphatic hydroxyl groups is 1. The zero-order valence-electron chi connectivity index (χ0n) is 12.7. The van der Waals surface area contributed by atoms with Crippen LogP contribution in [0.25, 0.3) is 0 Å². The monoisotopic (exact) mass is 297 g/mol. The average Bonchev–Trinajstić information content (AvgIpc) is 2.88. The number of aliphatic hydroxyl groups excluding tert-OH is 1. The van der Waals surface area contributed by atoms with E-state index in [1.165, 1.54) is 10.8 Å². The van der Waals surface area contributed by atoms with Crippen molar-refractivity contribution in [2.24, 2.45) is 0 Å². The quantitative estimate of drug-likeness (QED) is 0.788. The van der Waals surface area contributed by atoms with Gasteiger partial charge in [0.2, 0.25) is 0 Å². The number of likely N-dealkylation sites (N-methyl/N-ethyl adjacent to an activating group) is 1. The van der Waals surface area contributed by atoms with E-state index in [0.29, 0.717) is 12.0 Å². The van der Waals surface area contributed by atoms with Crippen LogP contribution in [0.15, 0.2) is 15.8 Å². The van der Waals surface area contributed by atoms with Crippen molar-refractivity contribution in [1.29, 1.82) is 0 Å². The second-order valence-corrected chi connectivity index (χ2v) is 5.31. The number of aryl methyl sites for hydroxylation is 1. The highest BCUT2D eigenvalue weighted by Crippen LogP contribution is 2.30. The van der Waals surface area contributed by atoms with E-state index in [1.54, 1.807) is 6.92 Å². The van der Waals surface area contributed by atoms with Crippen LogP contribution in [0.2, 0.25) is 0 Å². The molecule has 2 N–H and O–H groups in total. The van der Waals surface area contributed by atoms with E-state index in [-0.39, 0.29) is 24.3 Å². The Hall–Kier alpha value is -1.44. The van der Waals surface area contributed by atoms with Crippen molar-refractivity contribution in [2.75, 3.05) is 19.7 Å². The van der Waals surface area contributed by atoms with Gasteiger partial charge in [-0.05, 0) is 20.0 Å². The van der Waals surface area contributed by atoms with Crippen LogP contribution in [0.4, 0.5) is 0 Å². The largest absolute Gasteiger partial charge is 0.394 e. The molecule has 0 spiro atoms. The van der Waals surface area contributed by atoms with Gasteiger partial charge in [0.05, 0.1) is 12.7 Å². The van der Waals surface area contributed by atoms with Crippen LogP contribution < -0.4 is 11.2 Å². The Morgan fingerprint density at radius 3 is 2.67 bits per heavy atom. The number of ether oxygens (including phenoxy) is 1. The van der Waals surface area contributed by atoms with Gasteiger partial charge in [0.1, 0.15) is 6.23 Å². The van der Waals surface area contributed by atoms with Gasteiger partial charge in [-0.1, -0.05) is 13.8 Å². The third kappa shape index (κ3) is 3.09. The maximum atomic E-state index is 11.9. The standard InChI is InChI=1S/C14H23N3O4/c1-4-16(5-2)10-6-12(21-11(10)8-18)17-7-9(3)13(19)15-14(17)20/h7,10-12,18H,4-6,8H2,1-3H3,(H,15,19,20)/t10-,11-,12-/m1/s1. The molecule has 0 saturated carbocycles. The van der Waals surface area contributed by atoms with Crippen LogP contribution in [0.1, 0.15) is 32.1 Å². The zero-order chi connectivity index (χ0) is 15.6. The second-order valence-electron chi connectivity index (χ2n) is 5.31. The van der Waals surface area contributed by atoms with Crippen LogP contribution in [0, 0.1) is 6.92 Å². The highest BCUT2D eigenvalue weighted by molar-refractivity contribution is 5.02.